The Labute approximate surface area is 76.6 Å². The van der Waals surface area contributed by atoms with Gasteiger partial charge < -0.3 is 0 Å². The zero-order valence-electron chi connectivity index (χ0n) is 7.94. The van der Waals surface area contributed by atoms with Crippen LogP contribution in [0.4, 0.5) is 0 Å². The molecular formula is C8H13N3O2. The Balaban J connectivity index is 2.73. The molecule has 1 aromatic heterocycles. The van der Waals surface area contributed by atoms with Gasteiger partial charge in [0.1, 0.15) is 0 Å². The van der Waals surface area contributed by atoms with Gasteiger partial charge in [-0.1, -0.05) is 0 Å². The summed E-state index contributed by atoms with van der Waals surface area (Å²) in [6, 6.07) is 0.254. The quantitative estimate of drug-likeness (QED) is 0.704. The number of hydroxylamine groups is 1. The fraction of sp³-hybridized carbons (Fsp3) is 0.500. The molecule has 13 heavy (non-hydrogen) atoms. The lowest BCUT2D eigenvalue weighted by molar-refractivity contribution is 0.0537. The Morgan fingerprint density at radius 1 is 1.69 bits per heavy atom. The van der Waals surface area contributed by atoms with Crippen LogP contribution in [0.5, 0.6) is 0 Å². The summed E-state index contributed by atoms with van der Waals surface area (Å²) in [7, 11) is 1.39. The molecule has 0 fully saturated rings. The van der Waals surface area contributed by atoms with Crippen molar-refractivity contribution in [3.63, 3.8) is 0 Å². The molecule has 72 valence electrons. The summed E-state index contributed by atoms with van der Waals surface area (Å²) in [4.78, 5) is 15.7. The van der Waals surface area contributed by atoms with E-state index in [0.717, 1.165) is 0 Å². The van der Waals surface area contributed by atoms with Crippen molar-refractivity contribution in [3.05, 3.63) is 18.0 Å². The van der Waals surface area contributed by atoms with E-state index in [1.54, 1.807) is 10.9 Å². The number of hydrogen-bond donors (Lipinski definition) is 1. The van der Waals surface area contributed by atoms with E-state index in [-0.39, 0.29) is 11.9 Å². The topological polar surface area (TPSA) is 56.1 Å². The average molecular weight is 183 g/mol. The van der Waals surface area contributed by atoms with Crippen molar-refractivity contribution in [1.29, 1.82) is 0 Å². The van der Waals surface area contributed by atoms with Crippen LogP contribution in [-0.2, 0) is 4.84 Å². The van der Waals surface area contributed by atoms with Gasteiger partial charge in [0, 0.05) is 12.2 Å². The highest BCUT2D eigenvalue weighted by atomic mass is 16.6. The summed E-state index contributed by atoms with van der Waals surface area (Å²) in [6.07, 6.45) is 3.19. The first kappa shape index (κ1) is 9.73. The number of nitrogens with one attached hydrogen (secondary N) is 1. The third kappa shape index (κ3) is 2.29. The molecule has 1 heterocycles. The molecule has 5 nitrogen and oxygen atoms in total. The van der Waals surface area contributed by atoms with Crippen molar-refractivity contribution in [3.8, 4) is 0 Å². The van der Waals surface area contributed by atoms with Gasteiger partial charge in [-0.2, -0.15) is 5.10 Å². The van der Waals surface area contributed by atoms with Crippen molar-refractivity contribution in [2.45, 2.75) is 19.9 Å². The molecule has 0 radical (unpaired) electrons. The smallest absolute Gasteiger partial charge is 0.277 e. The molecule has 0 aliphatic carbocycles. The van der Waals surface area contributed by atoms with Crippen molar-refractivity contribution < 1.29 is 9.63 Å². The van der Waals surface area contributed by atoms with E-state index in [4.69, 9.17) is 0 Å². The fourth-order valence-corrected chi connectivity index (χ4v) is 0.889. The number of hydrogen-bond acceptors (Lipinski definition) is 3. The molecule has 0 bridgehead atoms. The maximum absolute atomic E-state index is 11.2. The highest BCUT2D eigenvalue weighted by molar-refractivity contribution is 5.92. The fourth-order valence-electron chi connectivity index (χ4n) is 0.889. The zero-order valence-corrected chi connectivity index (χ0v) is 7.94. The monoisotopic (exact) mass is 183 g/mol. The maximum atomic E-state index is 11.2. The van der Waals surface area contributed by atoms with E-state index in [1.165, 1.54) is 13.3 Å². The van der Waals surface area contributed by atoms with Crippen LogP contribution in [0.25, 0.3) is 0 Å². The second-order valence-corrected chi connectivity index (χ2v) is 2.94. The second kappa shape index (κ2) is 4.04. The summed E-state index contributed by atoms with van der Waals surface area (Å²) in [5, 5.41) is 4.02. The van der Waals surface area contributed by atoms with Crippen LogP contribution in [0.2, 0.25) is 0 Å². The summed E-state index contributed by atoms with van der Waals surface area (Å²) in [5.41, 5.74) is 2.72. The number of nitrogens with zero attached hydrogens (tertiary/aromatic N) is 2. The van der Waals surface area contributed by atoms with Gasteiger partial charge in [0.15, 0.2) is 0 Å². The van der Waals surface area contributed by atoms with E-state index < -0.39 is 0 Å². The van der Waals surface area contributed by atoms with Crippen LogP contribution in [0.3, 0.4) is 0 Å². The Morgan fingerprint density at radius 2 is 2.38 bits per heavy atom. The van der Waals surface area contributed by atoms with Crippen LogP contribution >= 0.6 is 0 Å². The SMILES string of the molecule is CONC(=O)c1cnn(C(C)C)c1. The average Bonchev–Trinajstić information content (AvgIpc) is 2.52. The van der Waals surface area contributed by atoms with E-state index in [0.29, 0.717) is 5.56 Å². The second-order valence-electron chi connectivity index (χ2n) is 2.94. The number of carbonyl (C=O) groups is 1. The van der Waals surface area contributed by atoms with Crippen molar-refractivity contribution in [2.24, 2.45) is 0 Å². The Bertz CT molecular complexity index is 293. The molecule has 1 rings (SSSR count). The van der Waals surface area contributed by atoms with Crippen molar-refractivity contribution in [1.82, 2.24) is 15.3 Å². The van der Waals surface area contributed by atoms with Gasteiger partial charge in [0.05, 0.1) is 18.9 Å². The van der Waals surface area contributed by atoms with E-state index >= 15 is 0 Å². The van der Waals surface area contributed by atoms with E-state index in [2.05, 4.69) is 15.4 Å². The Hall–Kier alpha value is -1.36. The largest absolute Gasteiger partial charge is 0.278 e. The van der Waals surface area contributed by atoms with Gasteiger partial charge in [-0.15, -0.1) is 0 Å². The third-order valence-corrected chi connectivity index (χ3v) is 1.59. The molecule has 0 aliphatic rings. The minimum atomic E-state index is -0.283. The third-order valence-electron chi connectivity index (χ3n) is 1.59. The maximum Gasteiger partial charge on any atom is 0.278 e. The first-order chi connectivity index (χ1) is 6.15. The van der Waals surface area contributed by atoms with Crippen molar-refractivity contribution >= 4 is 5.91 Å². The van der Waals surface area contributed by atoms with E-state index in [9.17, 15) is 4.79 Å². The Morgan fingerprint density at radius 3 is 2.85 bits per heavy atom. The highest BCUT2D eigenvalue weighted by Crippen LogP contribution is 2.04. The first-order valence-electron chi connectivity index (χ1n) is 4.02. The van der Waals surface area contributed by atoms with Crippen LogP contribution in [0, 0.1) is 0 Å². The molecule has 5 heteroatoms. The van der Waals surface area contributed by atoms with Gasteiger partial charge in [0.25, 0.3) is 5.91 Å². The van der Waals surface area contributed by atoms with Crippen LogP contribution in [0.15, 0.2) is 12.4 Å². The molecule has 0 aliphatic heterocycles. The predicted molar refractivity (Wildman–Crippen MR) is 47.1 cm³/mol. The number of carbonyl (C=O) groups excluding carboxylic acids is 1. The Kier molecular flexibility index (Phi) is 3.02. The zero-order chi connectivity index (χ0) is 9.84. The van der Waals surface area contributed by atoms with Crippen LogP contribution in [0.1, 0.15) is 30.2 Å². The molecule has 1 N–H and O–H groups in total. The molecule has 0 atom stereocenters. The molecule has 0 aromatic carbocycles. The number of aromatic nitrogens is 2. The summed E-state index contributed by atoms with van der Waals surface area (Å²) in [6.45, 7) is 3.98. The minimum Gasteiger partial charge on any atom is -0.277 e. The van der Waals surface area contributed by atoms with Crippen molar-refractivity contribution in [2.75, 3.05) is 7.11 Å². The lowest BCUT2D eigenvalue weighted by Crippen LogP contribution is -2.21. The lowest BCUT2D eigenvalue weighted by Gasteiger charge is -2.02. The molecule has 0 spiro atoms. The van der Waals surface area contributed by atoms with Gasteiger partial charge in [-0.05, 0) is 13.8 Å². The van der Waals surface area contributed by atoms with Gasteiger partial charge in [0.2, 0.25) is 0 Å². The van der Waals surface area contributed by atoms with Crippen LogP contribution in [-0.4, -0.2) is 22.8 Å². The standard InChI is InChI=1S/C8H13N3O2/c1-6(2)11-5-7(4-9-11)8(12)10-13-3/h4-6H,1-3H3,(H,10,12). The van der Waals surface area contributed by atoms with Gasteiger partial charge >= 0.3 is 0 Å². The van der Waals surface area contributed by atoms with Crippen LogP contribution < -0.4 is 5.48 Å². The molecule has 0 unspecified atom stereocenters. The molecule has 0 saturated carbocycles. The van der Waals surface area contributed by atoms with E-state index in [1.807, 2.05) is 13.8 Å². The molecule has 1 amide bonds. The summed E-state index contributed by atoms with van der Waals surface area (Å²) >= 11 is 0. The predicted octanol–water partition coefficient (Wildman–Crippen LogP) is 0.755. The normalized spacial score (nSPS) is 10.5. The number of rotatable bonds is 3. The molecular weight excluding hydrogens is 170 g/mol. The minimum absolute atomic E-state index is 0.254. The van der Waals surface area contributed by atoms with Gasteiger partial charge in [-0.3, -0.25) is 14.3 Å². The lowest BCUT2D eigenvalue weighted by atomic mass is 10.3. The summed E-state index contributed by atoms with van der Waals surface area (Å²) < 4.78 is 1.71. The summed E-state index contributed by atoms with van der Waals surface area (Å²) in [5.74, 6) is -0.283. The number of amides is 1. The van der Waals surface area contributed by atoms with Gasteiger partial charge in [-0.25, -0.2) is 5.48 Å². The molecule has 0 saturated heterocycles. The highest BCUT2D eigenvalue weighted by Gasteiger charge is 2.08. The first-order valence-corrected chi connectivity index (χ1v) is 4.02. The molecule has 1 aromatic rings.